The summed E-state index contributed by atoms with van der Waals surface area (Å²) in [6.07, 6.45) is 2.08. The maximum absolute atomic E-state index is 5.67. The molecule has 2 aromatic carbocycles. The first kappa shape index (κ1) is 14.6. The zero-order chi connectivity index (χ0) is 14.7. The van der Waals surface area contributed by atoms with E-state index in [0.29, 0.717) is 13.2 Å². The van der Waals surface area contributed by atoms with Gasteiger partial charge in [0.25, 0.3) is 0 Å². The summed E-state index contributed by atoms with van der Waals surface area (Å²) in [4.78, 5) is 1.21. The first-order valence-electron chi connectivity index (χ1n) is 6.72. The van der Waals surface area contributed by atoms with Crippen LogP contribution >= 0.6 is 27.7 Å². The van der Waals surface area contributed by atoms with Crippen molar-refractivity contribution in [3.63, 3.8) is 0 Å². The summed E-state index contributed by atoms with van der Waals surface area (Å²) in [5.41, 5.74) is 2.30. The number of benzene rings is 2. The Kier molecular flexibility index (Phi) is 4.60. The molecule has 0 aromatic heterocycles. The maximum atomic E-state index is 5.67. The fourth-order valence-corrected chi connectivity index (χ4v) is 3.25. The maximum Gasteiger partial charge on any atom is 0.162 e. The Bertz CT molecular complexity index is 648. The van der Waals surface area contributed by atoms with E-state index < -0.39 is 0 Å². The molecule has 3 nitrogen and oxygen atoms in total. The van der Waals surface area contributed by atoms with E-state index in [1.807, 2.05) is 12.1 Å². The Morgan fingerprint density at radius 1 is 1.14 bits per heavy atom. The van der Waals surface area contributed by atoms with Crippen LogP contribution in [0.1, 0.15) is 5.56 Å². The number of hydrogen-bond donors (Lipinski definition) is 1. The van der Waals surface area contributed by atoms with Crippen molar-refractivity contribution in [1.82, 2.24) is 0 Å². The second kappa shape index (κ2) is 6.62. The molecule has 0 fully saturated rings. The Labute approximate surface area is 137 Å². The molecule has 110 valence electrons. The van der Waals surface area contributed by atoms with Crippen molar-refractivity contribution in [3.8, 4) is 11.5 Å². The van der Waals surface area contributed by atoms with E-state index in [1.165, 1.54) is 10.5 Å². The minimum atomic E-state index is 0.615. The van der Waals surface area contributed by atoms with Gasteiger partial charge >= 0.3 is 0 Å². The topological polar surface area (TPSA) is 30.5 Å². The van der Waals surface area contributed by atoms with Crippen LogP contribution in [0.25, 0.3) is 0 Å². The number of ether oxygens (including phenoxy) is 2. The molecule has 2 aromatic rings. The van der Waals surface area contributed by atoms with Gasteiger partial charge in [0.15, 0.2) is 11.5 Å². The molecule has 3 rings (SSSR count). The van der Waals surface area contributed by atoms with Crippen LogP contribution in [0.5, 0.6) is 11.5 Å². The minimum absolute atomic E-state index is 0.615. The zero-order valence-electron chi connectivity index (χ0n) is 11.7. The van der Waals surface area contributed by atoms with Gasteiger partial charge in [0.2, 0.25) is 0 Å². The summed E-state index contributed by atoms with van der Waals surface area (Å²) in [5.74, 6) is 1.68. The van der Waals surface area contributed by atoms with Crippen molar-refractivity contribution >= 4 is 33.4 Å². The van der Waals surface area contributed by atoms with Gasteiger partial charge in [0.05, 0.1) is 0 Å². The highest BCUT2D eigenvalue weighted by Crippen LogP contribution is 2.36. The Balaban J connectivity index is 1.81. The molecule has 0 unspecified atom stereocenters. The molecule has 0 aliphatic carbocycles. The van der Waals surface area contributed by atoms with Gasteiger partial charge in [0, 0.05) is 21.6 Å². The van der Waals surface area contributed by atoms with Crippen molar-refractivity contribution in [2.24, 2.45) is 0 Å². The van der Waals surface area contributed by atoms with Crippen molar-refractivity contribution in [3.05, 3.63) is 46.4 Å². The van der Waals surface area contributed by atoms with E-state index in [9.17, 15) is 0 Å². The van der Waals surface area contributed by atoms with Crippen LogP contribution in [0.4, 0.5) is 5.69 Å². The quantitative estimate of drug-likeness (QED) is 0.804. The molecule has 21 heavy (non-hydrogen) atoms. The average molecular weight is 366 g/mol. The Morgan fingerprint density at radius 2 is 1.90 bits per heavy atom. The SMILES string of the molecule is CSc1cc2c(cc1CNc1cccc(Br)c1)OCCO2. The molecule has 0 atom stereocenters. The highest BCUT2D eigenvalue weighted by molar-refractivity contribution is 9.10. The second-order valence-corrected chi connectivity index (χ2v) is 6.44. The lowest BCUT2D eigenvalue weighted by atomic mass is 10.2. The lowest BCUT2D eigenvalue weighted by Crippen LogP contribution is -2.16. The number of rotatable bonds is 4. The molecule has 0 saturated heterocycles. The summed E-state index contributed by atoms with van der Waals surface area (Å²) in [7, 11) is 0. The summed E-state index contributed by atoms with van der Waals surface area (Å²) in [6, 6.07) is 12.3. The van der Waals surface area contributed by atoms with Gasteiger partial charge in [-0.15, -0.1) is 11.8 Å². The van der Waals surface area contributed by atoms with Crippen molar-refractivity contribution in [1.29, 1.82) is 0 Å². The van der Waals surface area contributed by atoms with Crippen LogP contribution in [-0.2, 0) is 6.54 Å². The molecule has 0 spiro atoms. The van der Waals surface area contributed by atoms with Gasteiger partial charge in [-0.2, -0.15) is 0 Å². The second-order valence-electron chi connectivity index (χ2n) is 4.67. The first-order chi connectivity index (χ1) is 10.3. The third-order valence-corrected chi connectivity index (χ3v) is 4.57. The number of halogens is 1. The molecule has 0 saturated carbocycles. The molecule has 0 radical (unpaired) electrons. The van der Waals surface area contributed by atoms with Crippen LogP contribution in [0.2, 0.25) is 0 Å². The standard InChI is InChI=1S/C16H16BrNO2S/c1-21-16-9-15-14(19-5-6-20-15)7-11(16)10-18-13-4-2-3-12(17)8-13/h2-4,7-9,18H,5-6,10H2,1H3. The lowest BCUT2D eigenvalue weighted by Gasteiger charge is -2.21. The lowest BCUT2D eigenvalue weighted by molar-refractivity contribution is 0.171. The molecule has 1 aliphatic heterocycles. The summed E-state index contributed by atoms with van der Waals surface area (Å²) in [5, 5.41) is 3.44. The van der Waals surface area contributed by atoms with Crippen LogP contribution in [0.15, 0.2) is 45.8 Å². The number of nitrogens with one attached hydrogen (secondary N) is 1. The molecule has 1 heterocycles. The average Bonchev–Trinajstić information content (AvgIpc) is 2.52. The largest absolute Gasteiger partial charge is 0.486 e. The smallest absolute Gasteiger partial charge is 0.162 e. The van der Waals surface area contributed by atoms with E-state index in [2.05, 4.69) is 51.8 Å². The van der Waals surface area contributed by atoms with E-state index in [0.717, 1.165) is 28.2 Å². The number of fused-ring (bicyclic) bond motifs is 1. The molecule has 0 amide bonds. The third-order valence-electron chi connectivity index (χ3n) is 3.25. The van der Waals surface area contributed by atoms with Gasteiger partial charge in [0.1, 0.15) is 13.2 Å². The van der Waals surface area contributed by atoms with Crippen LogP contribution in [0.3, 0.4) is 0 Å². The summed E-state index contributed by atoms with van der Waals surface area (Å²) in [6.45, 7) is 1.99. The third kappa shape index (κ3) is 3.47. The van der Waals surface area contributed by atoms with Crippen LogP contribution in [-0.4, -0.2) is 19.5 Å². The van der Waals surface area contributed by atoms with Crippen molar-refractivity contribution in [2.75, 3.05) is 24.8 Å². The first-order valence-corrected chi connectivity index (χ1v) is 8.74. The van der Waals surface area contributed by atoms with E-state index in [1.54, 1.807) is 11.8 Å². The number of anilines is 1. The minimum Gasteiger partial charge on any atom is -0.486 e. The van der Waals surface area contributed by atoms with Gasteiger partial charge in [-0.1, -0.05) is 22.0 Å². The molecular weight excluding hydrogens is 350 g/mol. The fraction of sp³-hybridized carbons (Fsp3) is 0.250. The molecule has 1 aliphatic rings. The molecule has 1 N–H and O–H groups in total. The predicted molar refractivity (Wildman–Crippen MR) is 90.7 cm³/mol. The zero-order valence-corrected chi connectivity index (χ0v) is 14.1. The number of thioether (sulfide) groups is 1. The van der Waals surface area contributed by atoms with Gasteiger partial charge in [-0.05, 0) is 42.2 Å². The van der Waals surface area contributed by atoms with E-state index in [4.69, 9.17) is 9.47 Å². The molecule has 5 heteroatoms. The summed E-state index contributed by atoms with van der Waals surface area (Å²) < 4.78 is 12.4. The van der Waals surface area contributed by atoms with E-state index >= 15 is 0 Å². The van der Waals surface area contributed by atoms with E-state index in [-0.39, 0.29) is 0 Å². The predicted octanol–water partition coefficient (Wildman–Crippen LogP) is 4.55. The van der Waals surface area contributed by atoms with Gasteiger partial charge in [-0.25, -0.2) is 0 Å². The molecule has 0 bridgehead atoms. The van der Waals surface area contributed by atoms with Crippen molar-refractivity contribution in [2.45, 2.75) is 11.4 Å². The van der Waals surface area contributed by atoms with Gasteiger partial charge in [-0.3, -0.25) is 0 Å². The fourth-order valence-electron chi connectivity index (χ4n) is 2.24. The Morgan fingerprint density at radius 3 is 2.62 bits per heavy atom. The normalized spacial score (nSPS) is 13.0. The van der Waals surface area contributed by atoms with Crippen LogP contribution in [0, 0.1) is 0 Å². The monoisotopic (exact) mass is 365 g/mol. The molecular formula is C16H16BrNO2S. The highest BCUT2D eigenvalue weighted by Gasteiger charge is 2.15. The van der Waals surface area contributed by atoms with Crippen LogP contribution < -0.4 is 14.8 Å². The summed E-state index contributed by atoms with van der Waals surface area (Å²) >= 11 is 5.21. The Hall–Kier alpha value is -1.33. The number of hydrogen-bond acceptors (Lipinski definition) is 4. The van der Waals surface area contributed by atoms with Gasteiger partial charge < -0.3 is 14.8 Å². The highest BCUT2D eigenvalue weighted by atomic mass is 79.9. The van der Waals surface area contributed by atoms with Crippen molar-refractivity contribution < 1.29 is 9.47 Å².